The summed E-state index contributed by atoms with van der Waals surface area (Å²) in [5.41, 5.74) is 0. The number of allylic oxidation sites excluding steroid dienone is 6. The first kappa shape index (κ1) is 23.8. The lowest BCUT2D eigenvalue weighted by atomic mass is 10.1. The SMILES string of the molecule is CC/C=C\C/C=C\C/C=C\CCCCCCCC(=O)O.c1ccncc1. The molecule has 0 bridgehead atoms. The van der Waals surface area contributed by atoms with Crippen LogP contribution in [0.25, 0.3) is 0 Å². The highest BCUT2D eigenvalue weighted by atomic mass is 16.4. The number of unbranched alkanes of at least 4 members (excludes halogenated alkanes) is 5. The van der Waals surface area contributed by atoms with Gasteiger partial charge < -0.3 is 5.11 Å². The van der Waals surface area contributed by atoms with Crippen molar-refractivity contribution in [3.63, 3.8) is 0 Å². The van der Waals surface area contributed by atoms with Crippen LogP contribution in [0.5, 0.6) is 0 Å². The Morgan fingerprint density at radius 3 is 1.92 bits per heavy atom. The van der Waals surface area contributed by atoms with Gasteiger partial charge in [-0.2, -0.15) is 0 Å². The van der Waals surface area contributed by atoms with Crippen molar-refractivity contribution >= 4 is 5.97 Å². The second-order valence-electron chi connectivity index (χ2n) is 6.02. The molecule has 1 heterocycles. The highest BCUT2D eigenvalue weighted by molar-refractivity contribution is 5.66. The summed E-state index contributed by atoms with van der Waals surface area (Å²) in [6.45, 7) is 2.15. The van der Waals surface area contributed by atoms with Crippen LogP contribution in [0, 0.1) is 0 Å². The van der Waals surface area contributed by atoms with E-state index in [0.717, 1.165) is 44.9 Å². The maximum absolute atomic E-state index is 10.3. The quantitative estimate of drug-likeness (QED) is 0.314. The zero-order chi connectivity index (χ0) is 19.1. The molecule has 1 aromatic rings. The van der Waals surface area contributed by atoms with Gasteiger partial charge in [-0.1, -0.05) is 68.7 Å². The molecule has 0 atom stereocenters. The predicted molar refractivity (Wildman–Crippen MR) is 111 cm³/mol. The molecule has 0 saturated carbocycles. The molecule has 0 aromatic carbocycles. The molecule has 1 rings (SSSR count). The second-order valence-corrected chi connectivity index (χ2v) is 6.02. The fourth-order valence-corrected chi connectivity index (χ4v) is 2.21. The van der Waals surface area contributed by atoms with E-state index < -0.39 is 5.97 Å². The summed E-state index contributed by atoms with van der Waals surface area (Å²) in [6, 6.07) is 5.72. The summed E-state index contributed by atoms with van der Waals surface area (Å²) in [5, 5.41) is 8.50. The summed E-state index contributed by atoms with van der Waals surface area (Å²) < 4.78 is 0. The third kappa shape index (κ3) is 21.8. The van der Waals surface area contributed by atoms with Gasteiger partial charge in [-0.25, -0.2) is 0 Å². The normalized spacial score (nSPS) is 11.1. The van der Waals surface area contributed by atoms with Gasteiger partial charge in [0.15, 0.2) is 0 Å². The smallest absolute Gasteiger partial charge is 0.303 e. The van der Waals surface area contributed by atoms with Crippen molar-refractivity contribution < 1.29 is 9.90 Å². The van der Waals surface area contributed by atoms with Crippen molar-refractivity contribution in [1.29, 1.82) is 0 Å². The fraction of sp³-hybridized carbons (Fsp3) is 0.478. The van der Waals surface area contributed by atoms with Crippen LogP contribution in [0.2, 0.25) is 0 Å². The van der Waals surface area contributed by atoms with Crippen molar-refractivity contribution in [3.8, 4) is 0 Å². The summed E-state index contributed by atoms with van der Waals surface area (Å²) in [4.78, 5) is 14.1. The Hall–Kier alpha value is -2.16. The lowest BCUT2D eigenvalue weighted by molar-refractivity contribution is -0.137. The number of aromatic nitrogens is 1. The molecule has 0 aliphatic heterocycles. The monoisotopic (exact) mass is 357 g/mol. The molecule has 0 amide bonds. The highest BCUT2D eigenvalue weighted by Gasteiger charge is 1.95. The molecule has 0 radical (unpaired) electrons. The summed E-state index contributed by atoms with van der Waals surface area (Å²) in [6.07, 6.45) is 26.9. The number of carbonyl (C=O) groups is 1. The first-order chi connectivity index (χ1) is 12.8. The van der Waals surface area contributed by atoms with Gasteiger partial charge in [0.25, 0.3) is 0 Å². The van der Waals surface area contributed by atoms with Crippen LogP contribution in [0.4, 0.5) is 0 Å². The molecule has 0 unspecified atom stereocenters. The Bertz CT molecular complexity index is 465. The average molecular weight is 358 g/mol. The van der Waals surface area contributed by atoms with Crippen LogP contribution in [-0.2, 0) is 4.79 Å². The Kier molecular flexibility index (Phi) is 19.1. The molecule has 0 spiro atoms. The van der Waals surface area contributed by atoms with E-state index in [9.17, 15) is 4.79 Å². The minimum Gasteiger partial charge on any atom is -0.481 e. The van der Waals surface area contributed by atoms with Gasteiger partial charge in [-0.05, 0) is 50.7 Å². The van der Waals surface area contributed by atoms with Gasteiger partial charge in [0.2, 0.25) is 0 Å². The summed E-state index contributed by atoms with van der Waals surface area (Å²) in [7, 11) is 0. The molecule has 0 saturated heterocycles. The third-order valence-electron chi connectivity index (χ3n) is 3.61. The van der Waals surface area contributed by atoms with Crippen molar-refractivity contribution in [1.82, 2.24) is 4.98 Å². The number of hydrogen-bond acceptors (Lipinski definition) is 2. The van der Waals surface area contributed by atoms with Crippen LogP contribution in [0.1, 0.15) is 71.1 Å². The molecular weight excluding hydrogens is 322 g/mol. The number of carboxylic acid groups (broad SMARTS) is 1. The molecule has 3 heteroatoms. The van der Waals surface area contributed by atoms with Gasteiger partial charge in [-0.3, -0.25) is 9.78 Å². The minimum absolute atomic E-state index is 0.319. The number of aliphatic carboxylic acids is 1. The number of rotatable bonds is 13. The van der Waals surface area contributed by atoms with Gasteiger partial charge in [-0.15, -0.1) is 0 Å². The molecule has 0 aliphatic carbocycles. The zero-order valence-electron chi connectivity index (χ0n) is 16.2. The van der Waals surface area contributed by atoms with E-state index in [1.807, 2.05) is 18.2 Å². The molecule has 144 valence electrons. The molecule has 0 aliphatic rings. The Labute approximate surface area is 159 Å². The van der Waals surface area contributed by atoms with Crippen LogP contribution in [0.3, 0.4) is 0 Å². The number of carboxylic acids is 1. The summed E-state index contributed by atoms with van der Waals surface area (Å²) >= 11 is 0. The van der Waals surface area contributed by atoms with Crippen molar-refractivity contribution in [2.45, 2.75) is 71.1 Å². The minimum atomic E-state index is -0.675. The van der Waals surface area contributed by atoms with Gasteiger partial charge in [0.1, 0.15) is 0 Å². The molecule has 1 aromatic heterocycles. The van der Waals surface area contributed by atoms with Crippen LogP contribution >= 0.6 is 0 Å². The third-order valence-corrected chi connectivity index (χ3v) is 3.61. The first-order valence-corrected chi connectivity index (χ1v) is 9.79. The average Bonchev–Trinajstić information content (AvgIpc) is 2.66. The van der Waals surface area contributed by atoms with Gasteiger partial charge >= 0.3 is 5.97 Å². The van der Waals surface area contributed by atoms with Crippen molar-refractivity contribution in [2.24, 2.45) is 0 Å². The van der Waals surface area contributed by atoms with Crippen LogP contribution in [-0.4, -0.2) is 16.1 Å². The number of pyridine rings is 1. The first-order valence-electron chi connectivity index (χ1n) is 9.79. The lowest BCUT2D eigenvalue weighted by Crippen LogP contribution is -1.93. The Morgan fingerprint density at radius 1 is 0.808 bits per heavy atom. The van der Waals surface area contributed by atoms with Gasteiger partial charge in [0, 0.05) is 18.8 Å². The lowest BCUT2D eigenvalue weighted by Gasteiger charge is -1.98. The topological polar surface area (TPSA) is 50.2 Å². The van der Waals surface area contributed by atoms with E-state index in [4.69, 9.17) is 5.11 Å². The van der Waals surface area contributed by atoms with Crippen molar-refractivity contribution in [3.05, 3.63) is 67.0 Å². The zero-order valence-corrected chi connectivity index (χ0v) is 16.2. The molecule has 0 fully saturated rings. The fourth-order valence-electron chi connectivity index (χ4n) is 2.21. The van der Waals surface area contributed by atoms with Crippen LogP contribution in [0.15, 0.2) is 67.0 Å². The van der Waals surface area contributed by atoms with E-state index in [0.29, 0.717) is 6.42 Å². The molecular formula is C23H35NO2. The maximum atomic E-state index is 10.3. The summed E-state index contributed by atoms with van der Waals surface area (Å²) in [5.74, 6) is -0.675. The predicted octanol–water partition coefficient (Wildman–Crippen LogP) is 6.74. The van der Waals surface area contributed by atoms with Gasteiger partial charge in [0.05, 0.1) is 0 Å². The Morgan fingerprint density at radius 2 is 1.38 bits per heavy atom. The van der Waals surface area contributed by atoms with E-state index in [1.54, 1.807) is 12.4 Å². The van der Waals surface area contributed by atoms with E-state index in [1.165, 1.54) is 12.8 Å². The standard InChI is InChI=1S/C18H30O2.C5H5N/c1-2-3-4-5-6-7-8-9-10-11-12-13-14-15-16-17-18(19)20;1-2-4-6-5-3-1/h3-4,6-7,9-10H,2,5,8,11-17H2,1H3,(H,19,20);1-5H/b4-3-,7-6-,10-9-;. The number of hydrogen-bond donors (Lipinski definition) is 1. The van der Waals surface area contributed by atoms with Crippen molar-refractivity contribution in [2.75, 3.05) is 0 Å². The maximum Gasteiger partial charge on any atom is 0.303 e. The largest absolute Gasteiger partial charge is 0.481 e. The van der Waals surface area contributed by atoms with E-state index in [-0.39, 0.29) is 0 Å². The molecule has 3 nitrogen and oxygen atoms in total. The van der Waals surface area contributed by atoms with Crippen LogP contribution < -0.4 is 0 Å². The second kappa shape index (κ2) is 20.9. The highest BCUT2D eigenvalue weighted by Crippen LogP contribution is 2.07. The molecule has 1 N–H and O–H groups in total. The number of nitrogens with zero attached hydrogens (tertiary/aromatic N) is 1. The van der Waals surface area contributed by atoms with E-state index >= 15 is 0 Å². The Balaban J connectivity index is 0.000000867. The van der Waals surface area contributed by atoms with E-state index in [2.05, 4.69) is 48.4 Å². The molecule has 26 heavy (non-hydrogen) atoms.